The monoisotopic (exact) mass is 304 g/mol. The van der Waals surface area contributed by atoms with Crippen LogP contribution in [0.15, 0.2) is 17.8 Å². The summed E-state index contributed by atoms with van der Waals surface area (Å²) < 4.78 is 3.25. The first-order valence-corrected chi connectivity index (χ1v) is 6.99. The molecule has 108 valence electrons. The first-order chi connectivity index (χ1) is 10.1. The fourth-order valence-corrected chi connectivity index (χ4v) is 2.74. The highest BCUT2D eigenvalue weighted by atomic mass is 32.1. The molecule has 0 saturated heterocycles. The molecule has 0 aromatic carbocycles. The zero-order valence-electron chi connectivity index (χ0n) is 11.4. The number of aryl methyl sites for hydroxylation is 2. The third-order valence-electron chi connectivity index (χ3n) is 2.92. The van der Waals surface area contributed by atoms with E-state index in [1.807, 2.05) is 12.3 Å². The van der Waals surface area contributed by atoms with Gasteiger partial charge < -0.3 is 9.67 Å². The molecule has 1 N–H and O–H groups in total. The van der Waals surface area contributed by atoms with Gasteiger partial charge >= 0.3 is 5.97 Å². The largest absolute Gasteiger partial charge is 0.476 e. The highest BCUT2D eigenvalue weighted by Crippen LogP contribution is 2.22. The van der Waals surface area contributed by atoms with Crippen molar-refractivity contribution in [3.8, 4) is 11.5 Å². The molecule has 21 heavy (non-hydrogen) atoms. The van der Waals surface area contributed by atoms with E-state index in [0.717, 1.165) is 10.7 Å². The molecule has 3 heterocycles. The summed E-state index contributed by atoms with van der Waals surface area (Å²) >= 11 is 1.50. The lowest BCUT2D eigenvalue weighted by molar-refractivity contribution is 0.0691. The van der Waals surface area contributed by atoms with Crippen molar-refractivity contribution in [2.45, 2.75) is 13.5 Å². The molecule has 8 nitrogen and oxygen atoms in total. The number of hydrogen-bond donors (Lipinski definition) is 1. The Morgan fingerprint density at radius 1 is 1.48 bits per heavy atom. The maximum Gasteiger partial charge on any atom is 0.358 e. The van der Waals surface area contributed by atoms with Crippen LogP contribution in [0.1, 0.15) is 21.2 Å². The lowest BCUT2D eigenvalue weighted by Crippen LogP contribution is -2.08. The van der Waals surface area contributed by atoms with E-state index in [1.165, 1.54) is 16.0 Å². The van der Waals surface area contributed by atoms with Crippen LogP contribution in [-0.4, -0.2) is 40.6 Å². The summed E-state index contributed by atoms with van der Waals surface area (Å²) in [7, 11) is 1.79. The molecular formula is C12H12N6O2S. The van der Waals surface area contributed by atoms with Crippen molar-refractivity contribution in [3.05, 3.63) is 34.2 Å². The molecule has 0 aliphatic heterocycles. The predicted octanol–water partition coefficient (Wildman–Crippen LogP) is 1.19. The number of carboxylic acid groups (broad SMARTS) is 1. The molecule has 3 rings (SSSR count). The zero-order chi connectivity index (χ0) is 15.0. The number of hydrogen-bond acceptors (Lipinski definition) is 6. The van der Waals surface area contributed by atoms with Gasteiger partial charge in [-0.05, 0) is 6.92 Å². The van der Waals surface area contributed by atoms with Gasteiger partial charge in [-0.15, -0.1) is 16.4 Å². The van der Waals surface area contributed by atoms with Crippen molar-refractivity contribution in [3.63, 3.8) is 0 Å². The van der Waals surface area contributed by atoms with E-state index in [2.05, 4.69) is 20.3 Å². The van der Waals surface area contributed by atoms with E-state index in [9.17, 15) is 9.90 Å². The summed E-state index contributed by atoms with van der Waals surface area (Å²) in [4.78, 5) is 19.9. The third kappa shape index (κ3) is 2.42. The number of thiazole rings is 1. The number of aromatic carboxylic acids is 1. The molecule has 0 unspecified atom stereocenters. The number of carboxylic acids is 1. The number of rotatable bonds is 4. The van der Waals surface area contributed by atoms with Crippen LogP contribution in [0.5, 0.6) is 0 Å². The summed E-state index contributed by atoms with van der Waals surface area (Å²) in [5, 5.41) is 19.7. The summed E-state index contributed by atoms with van der Waals surface area (Å²) in [6.07, 6.45) is 3.34. The first kappa shape index (κ1) is 13.4. The van der Waals surface area contributed by atoms with Gasteiger partial charge in [0.2, 0.25) is 5.69 Å². The van der Waals surface area contributed by atoms with E-state index < -0.39 is 5.97 Å². The number of imidazole rings is 1. The van der Waals surface area contributed by atoms with Crippen LogP contribution in [0, 0.1) is 6.92 Å². The molecule has 0 amide bonds. The van der Waals surface area contributed by atoms with Crippen molar-refractivity contribution in [1.29, 1.82) is 0 Å². The average molecular weight is 304 g/mol. The van der Waals surface area contributed by atoms with Crippen LogP contribution in [0.2, 0.25) is 0 Å². The van der Waals surface area contributed by atoms with Gasteiger partial charge in [0.15, 0.2) is 5.82 Å². The molecule has 9 heteroatoms. The summed E-state index contributed by atoms with van der Waals surface area (Å²) in [6, 6.07) is 0. The van der Waals surface area contributed by atoms with Crippen LogP contribution >= 0.6 is 11.3 Å². The highest BCUT2D eigenvalue weighted by molar-refractivity contribution is 7.09. The molecule has 0 aliphatic rings. The summed E-state index contributed by atoms with van der Waals surface area (Å²) in [6.45, 7) is 2.27. The quantitative estimate of drug-likeness (QED) is 0.777. The van der Waals surface area contributed by atoms with Crippen LogP contribution in [0.4, 0.5) is 0 Å². The van der Waals surface area contributed by atoms with E-state index in [4.69, 9.17) is 0 Å². The van der Waals surface area contributed by atoms with E-state index in [-0.39, 0.29) is 5.69 Å². The normalized spacial score (nSPS) is 11.0. The molecule has 0 aliphatic carbocycles. The Kier molecular flexibility index (Phi) is 3.26. The Hall–Kier alpha value is -2.55. The van der Waals surface area contributed by atoms with Gasteiger partial charge in [-0.3, -0.25) is 0 Å². The molecule has 0 spiro atoms. The number of nitrogens with zero attached hydrogens (tertiary/aromatic N) is 6. The molecule has 3 aromatic heterocycles. The Bertz CT molecular complexity index is 802. The highest BCUT2D eigenvalue weighted by Gasteiger charge is 2.23. The average Bonchev–Trinajstić information content (AvgIpc) is 3.11. The van der Waals surface area contributed by atoms with E-state index >= 15 is 0 Å². The number of carbonyl (C=O) groups is 1. The van der Waals surface area contributed by atoms with Crippen molar-refractivity contribution < 1.29 is 9.90 Å². The van der Waals surface area contributed by atoms with Gasteiger partial charge in [-0.1, -0.05) is 5.21 Å². The smallest absolute Gasteiger partial charge is 0.358 e. The van der Waals surface area contributed by atoms with Crippen molar-refractivity contribution in [2.24, 2.45) is 7.05 Å². The number of aromatic nitrogens is 6. The molecular weight excluding hydrogens is 292 g/mol. The Balaban J connectivity index is 2.09. The molecule has 0 atom stereocenters. The minimum Gasteiger partial charge on any atom is -0.476 e. The second-order valence-corrected chi connectivity index (χ2v) is 5.44. The van der Waals surface area contributed by atoms with Gasteiger partial charge in [0, 0.05) is 30.5 Å². The van der Waals surface area contributed by atoms with Crippen LogP contribution in [0.3, 0.4) is 0 Å². The van der Waals surface area contributed by atoms with Gasteiger partial charge in [0.25, 0.3) is 0 Å². The minimum atomic E-state index is -1.13. The van der Waals surface area contributed by atoms with Gasteiger partial charge in [0.05, 0.1) is 6.54 Å². The van der Waals surface area contributed by atoms with Crippen molar-refractivity contribution >= 4 is 17.3 Å². The lowest BCUT2D eigenvalue weighted by atomic mass is 10.3. The minimum absolute atomic E-state index is 0.113. The predicted molar refractivity (Wildman–Crippen MR) is 75.1 cm³/mol. The molecule has 0 radical (unpaired) electrons. The Labute approximate surface area is 123 Å². The SMILES string of the molecule is Cc1csc(Cn2nnc(C(=O)O)c2-c2nccn2C)n1. The van der Waals surface area contributed by atoms with Gasteiger partial charge in [-0.25, -0.2) is 19.4 Å². The zero-order valence-corrected chi connectivity index (χ0v) is 12.2. The third-order valence-corrected chi connectivity index (χ3v) is 3.87. The fourth-order valence-electron chi connectivity index (χ4n) is 1.99. The van der Waals surface area contributed by atoms with Crippen LogP contribution in [0.25, 0.3) is 11.5 Å². The second kappa shape index (κ2) is 5.09. The molecule has 0 saturated carbocycles. The lowest BCUT2D eigenvalue weighted by Gasteiger charge is -2.05. The maximum atomic E-state index is 11.3. The van der Waals surface area contributed by atoms with Gasteiger partial charge in [0.1, 0.15) is 10.7 Å². The Morgan fingerprint density at radius 3 is 2.86 bits per heavy atom. The molecule has 3 aromatic rings. The Morgan fingerprint density at radius 2 is 2.29 bits per heavy atom. The van der Waals surface area contributed by atoms with Crippen molar-refractivity contribution in [1.82, 2.24) is 29.5 Å². The fraction of sp³-hybridized carbons (Fsp3) is 0.250. The maximum absolute atomic E-state index is 11.3. The second-order valence-electron chi connectivity index (χ2n) is 4.49. The summed E-state index contributed by atoms with van der Waals surface area (Å²) in [5.41, 5.74) is 1.19. The molecule has 0 fully saturated rings. The first-order valence-electron chi connectivity index (χ1n) is 6.11. The van der Waals surface area contributed by atoms with E-state index in [1.54, 1.807) is 24.0 Å². The summed E-state index contributed by atoms with van der Waals surface area (Å²) in [5.74, 6) is -0.625. The topological polar surface area (TPSA) is 98.7 Å². The molecule has 0 bridgehead atoms. The van der Waals surface area contributed by atoms with Crippen LogP contribution in [-0.2, 0) is 13.6 Å². The van der Waals surface area contributed by atoms with Gasteiger partial charge in [-0.2, -0.15) is 0 Å². The van der Waals surface area contributed by atoms with Crippen LogP contribution < -0.4 is 0 Å². The standard InChI is InChI=1S/C12H12N6O2S/c1-7-6-21-8(14-7)5-18-10(9(12(19)20)15-16-18)11-13-3-4-17(11)2/h3-4,6H,5H2,1-2H3,(H,19,20). The van der Waals surface area contributed by atoms with E-state index in [0.29, 0.717) is 18.1 Å². The van der Waals surface area contributed by atoms with Crippen molar-refractivity contribution in [2.75, 3.05) is 0 Å².